The maximum atomic E-state index is 11.4. The molecule has 0 saturated heterocycles. The van der Waals surface area contributed by atoms with E-state index >= 15 is 0 Å². The zero-order chi connectivity index (χ0) is 15.6. The van der Waals surface area contributed by atoms with E-state index in [2.05, 4.69) is 16.4 Å². The van der Waals surface area contributed by atoms with E-state index in [0.29, 0.717) is 17.1 Å². The summed E-state index contributed by atoms with van der Waals surface area (Å²) in [7, 11) is -3.21. The van der Waals surface area contributed by atoms with Gasteiger partial charge >= 0.3 is 0 Å². The molecular weight excluding hydrogens is 286 g/mol. The number of nitriles is 1. The predicted molar refractivity (Wildman–Crippen MR) is 81.3 cm³/mol. The van der Waals surface area contributed by atoms with Gasteiger partial charge in [0.2, 0.25) is 0 Å². The van der Waals surface area contributed by atoms with Gasteiger partial charge in [0, 0.05) is 17.6 Å². The van der Waals surface area contributed by atoms with Gasteiger partial charge in [-0.3, -0.25) is 0 Å². The van der Waals surface area contributed by atoms with Crippen molar-refractivity contribution < 1.29 is 8.42 Å². The van der Waals surface area contributed by atoms with Crippen LogP contribution in [0, 0.1) is 25.2 Å². The summed E-state index contributed by atoms with van der Waals surface area (Å²) in [5.74, 6) is 0.474. The van der Waals surface area contributed by atoms with Crippen LogP contribution in [0.15, 0.2) is 35.2 Å². The Morgan fingerprint density at radius 2 is 1.81 bits per heavy atom. The molecule has 0 aliphatic heterocycles. The van der Waals surface area contributed by atoms with Gasteiger partial charge in [-0.05, 0) is 49.7 Å². The van der Waals surface area contributed by atoms with Crippen LogP contribution in [0.25, 0.3) is 0 Å². The summed E-state index contributed by atoms with van der Waals surface area (Å²) < 4.78 is 22.8. The molecule has 0 amide bonds. The fourth-order valence-electron chi connectivity index (χ4n) is 1.99. The number of hydrogen-bond donors (Lipinski definition) is 1. The van der Waals surface area contributed by atoms with Crippen LogP contribution in [0.5, 0.6) is 0 Å². The van der Waals surface area contributed by atoms with Gasteiger partial charge in [-0.1, -0.05) is 0 Å². The minimum atomic E-state index is -3.21. The molecule has 0 saturated carbocycles. The van der Waals surface area contributed by atoms with Crippen LogP contribution >= 0.6 is 0 Å². The highest BCUT2D eigenvalue weighted by Gasteiger charge is 2.10. The van der Waals surface area contributed by atoms with Crippen LogP contribution in [0.3, 0.4) is 0 Å². The number of aromatic nitrogens is 1. The highest BCUT2D eigenvalue weighted by atomic mass is 32.2. The molecule has 0 unspecified atom stereocenters. The predicted octanol–water partition coefficient (Wildman–Crippen LogP) is 2.72. The van der Waals surface area contributed by atoms with Gasteiger partial charge in [0.15, 0.2) is 9.84 Å². The number of hydrogen-bond acceptors (Lipinski definition) is 5. The Morgan fingerprint density at radius 1 is 1.19 bits per heavy atom. The average molecular weight is 301 g/mol. The Bertz CT molecular complexity index is 819. The fraction of sp³-hybridized carbons (Fsp3) is 0.200. The van der Waals surface area contributed by atoms with Crippen molar-refractivity contribution in [1.82, 2.24) is 4.98 Å². The van der Waals surface area contributed by atoms with Gasteiger partial charge in [0.05, 0.1) is 10.5 Å². The second-order valence-electron chi connectivity index (χ2n) is 4.84. The first-order chi connectivity index (χ1) is 9.81. The standard InChI is InChI=1S/C15H15N3O2S/c1-10-8-11(2)17-15(14(10)9-16)18-12-4-6-13(7-5-12)21(3,19)20/h4-8H,1-3H3,(H,17,18). The van der Waals surface area contributed by atoms with E-state index in [1.54, 1.807) is 12.1 Å². The van der Waals surface area contributed by atoms with Crippen molar-refractivity contribution in [3.05, 3.63) is 47.2 Å². The van der Waals surface area contributed by atoms with E-state index in [1.807, 2.05) is 19.9 Å². The SMILES string of the molecule is Cc1cc(C)c(C#N)c(Nc2ccc(S(C)(=O)=O)cc2)n1. The van der Waals surface area contributed by atoms with Crippen molar-refractivity contribution in [2.75, 3.05) is 11.6 Å². The molecule has 1 aromatic heterocycles. The molecule has 0 aliphatic rings. The molecule has 0 fully saturated rings. The number of pyridine rings is 1. The Labute approximate surface area is 124 Å². The summed E-state index contributed by atoms with van der Waals surface area (Å²) >= 11 is 0. The first kappa shape index (κ1) is 15.0. The van der Waals surface area contributed by atoms with Crippen LogP contribution in [0.4, 0.5) is 11.5 Å². The van der Waals surface area contributed by atoms with Crippen molar-refractivity contribution in [2.45, 2.75) is 18.7 Å². The van der Waals surface area contributed by atoms with E-state index < -0.39 is 9.84 Å². The molecule has 2 aromatic rings. The Balaban J connectivity index is 2.37. The largest absolute Gasteiger partial charge is 0.339 e. The molecule has 1 aromatic carbocycles. The summed E-state index contributed by atoms with van der Waals surface area (Å²) in [5, 5.41) is 12.3. The topological polar surface area (TPSA) is 82.9 Å². The zero-order valence-corrected chi connectivity index (χ0v) is 12.8. The summed E-state index contributed by atoms with van der Waals surface area (Å²) in [6, 6.07) is 10.3. The van der Waals surface area contributed by atoms with Crippen molar-refractivity contribution in [2.24, 2.45) is 0 Å². The highest BCUT2D eigenvalue weighted by molar-refractivity contribution is 7.90. The molecular formula is C15H15N3O2S. The Kier molecular flexibility index (Phi) is 3.96. The number of nitrogens with zero attached hydrogens (tertiary/aromatic N) is 2. The van der Waals surface area contributed by atoms with Gasteiger partial charge < -0.3 is 5.32 Å². The monoisotopic (exact) mass is 301 g/mol. The number of sulfone groups is 1. The molecule has 5 nitrogen and oxygen atoms in total. The van der Waals surface area contributed by atoms with Gasteiger partial charge in [-0.25, -0.2) is 13.4 Å². The van der Waals surface area contributed by atoms with Crippen LogP contribution < -0.4 is 5.32 Å². The molecule has 6 heteroatoms. The molecule has 0 spiro atoms. The van der Waals surface area contributed by atoms with Crippen molar-refractivity contribution in [3.8, 4) is 6.07 Å². The molecule has 0 aliphatic carbocycles. The van der Waals surface area contributed by atoms with E-state index in [4.69, 9.17) is 0 Å². The smallest absolute Gasteiger partial charge is 0.175 e. The molecule has 0 radical (unpaired) electrons. The van der Waals surface area contributed by atoms with Crippen molar-refractivity contribution in [1.29, 1.82) is 5.26 Å². The highest BCUT2D eigenvalue weighted by Crippen LogP contribution is 2.23. The lowest BCUT2D eigenvalue weighted by Gasteiger charge is -2.10. The fourth-order valence-corrected chi connectivity index (χ4v) is 2.62. The zero-order valence-electron chi connectivity index (χ0n) is 12.0. The third-order valence-electron chi connectivity index (χ3n) is 3.00. The Hall–Kier alpha value is -2.39. The molecule has 2 rings (SSSR count). The third-order valence-corrected chi connectivity index (χ3v) is 4.13. The minimum Gasteiger partial charge on any atom is -0.339 e. The van der Waals surface area contributed by atoms with Gasteiger partial charge in [-0.15, -0.1) is 0 Å². The summed E-state index contributed by atoms with van der Waals surface area (Å²) in [6.07, 6.45) is 1.16. The quantitative estimate of drug-likeness (QED) is 0.942. The van der Waals surface area contributed by atoms with Crippen LogP contribution in [0.1, 0.15) is 16.8 Å². The second kappa shape index (κ2) is 5.54. The second-order valence-corrected chi connectivity index (χ2v) is 6.85. The molecule has 1 N–H and O–H groups in total. The number of rotatable bonds is 3. The van der Waals surface area contributed by atoms with Gasteiger partial charge in [-0.2, -0.15) is 5.26 Å². The number of anilines is 2. The lowest BCUT2D eigenvalue weighted by atomic mass is 10.1. The van der Waals surface area contributed by atoms with E-state index in [1.165, 1.54) is 12.1 Å². The molecule has 108 valence electrons. The molecule has 1 heterocycles. The van der Waals surface area contributed by atoms with Gasteiger partial charge in [0.25, 0.3) is 0 Å². The Morgan fingerprint density at radius 3 is 2.33 bits per heavy atom. The summed E-state index contributed by atoms with van der Waals surface area (Å²) in [6.45, 7) is 3.71. The lowest BCUT2D eigenvalue weighted by molar-refractivity contribution is 0.602. The van der Waals surface area contributed by atoms with E-state index in [0.717, 1.165) is 17.5 Å². The number of nitrogens with one attached hydrogen (secondary N) is 1. The van der Waals surface area contributed by atoms with Crippen molar-refractivity contribution in [3.63, 3.8) is 0 Å². The maximum absolute atomic E-state index is 11.4. The summed E-state index contributed by atoms with van der Waals surface area (Å²) in [5.41, 5.74) is 2.81. The van der Waals surface area contributed by atoms with E-state index in [-0.39, 0.29) is 4.90 Å². The van der Waals surface area contributed by atoms with Crippen LogP contribution in [-0.2, 0) is 9.84 Å². The van der Waals surface area contributed by atoms with Crippen LogP contribution in [-0.4, -0.2) is 19.7 Å². The number of benzene rings is 1. The normalized spacial score (nSPS) is 11.0. The maximum Gasteiger partial charge on any atom is 0.175 e. The number of aryl methyl sites for hydroxylation is 2. The van der Waals surface area contributed by atoms with Gasteiger partial charge in [0.1, 0.15) is 11.9 Å². The third kappa shape index (κ3) is 3.38. The lowest BCUT2D eigenvalue weighted by Crippen LogP contribution is -2.01. The molecule has 0 bridgehead atoms. The molecule has 0 atom stereocenters. The first-order valence-corrected chi connectivity index (χ1v) is 8.16. The molecule has 21 heavy (non-hydrogen) atoms. The van der Waals surface area contributed by atoms with Crippen LogP contribution in [0.2, 0.25) is 0 Å². The first-order valence-electron chi connectivity index (χ1n) is 6.27. The minimum absolute atomic E-state index is 0.252. The van der Waals surface area contributed by atoms with Crippen molar-refractivity contribution >= 4 is 21.3 Å². The van der Waals surface area contributed by atoms with E-state index in [9.17, 15) is 13.7 Å². The average Bonchev–Trinajstić information content (AvgIpc) is 2.38. The summed E-state index contributed by atoms with van der Waals surface area (Å²) in [4.78, 5) is 4.57.